The van der Waals surface area contributed by atoms with Gasteiger partial charge in [0.05, 0.1) is 0 Å². The van der Waals surface area contributed by atoms with Gasteiger partial charge in [0.1, 0.15) is 5.75 Å². The topological polar surface area (TPSA) is 101 Å². The highest BCUT2D eigenvalue weighted by Crippen LogP contribution is 2.27. The lowest BCUT2D eigenvalue weighted by molar-refractivity contribution is -0.124. The number of rotatable bonds is 8. The predicted molar refractivity (Wildman–Crippen MR) is 125 cm³/mol. The van der Waals surface area contributed by atoms with Crippen LogP contribution in [0.25, 0.3) is 6.08 Å². The molecule has 9 heteroatoms. The summed E-state index contributed by atoms with van der Waals surface area (Å²) in [5.41, 5.74) is 3.66. The molecule has 0 saturated carbocycles. The maximum atomic E-state index is 11.0. The fraction of sp³-hybridized carbons (Fsp3) is 0.292. The Hall–Kier alpha value is -3.01. The van der Waals surface area contributed by atoms with Gasteiger partial charge in [0.25, 0.3) is 11.8 Å². The maximum absolute atomic E-state index is 11.0. The number of nitrogens with one attached hydrogen (secondary N) is 1. The number of hydrogen-bond acceptors (Lipinski definition) is 7. The second kappa shape index (κ2) is 11.2. The zero-order chi connectivity index (χ0) is 23.0. The van der Waals surface area contributed by atoms with E-state index in [4.69, 9.17) is 14.5 Å². The minimum Gasteiger partial charge on any atom is -0.484 e. The Morgan fingerprint density at radius 1 is 1.18 bits per heavy atom. The van der Waals surface area contributed by atoms with Gasteiger partial charge in [-0.05, 0) is 67.4 Å². The van der Waals surface area contributed by atoms with Crippen LogP contribution in [0, 0.1) is 0 Å². The van der Waals surface area contributed by atoms with Crippen LogP contribution in [0.1, 0.15) is 41.6 Å². The fourth-order valence-corrected chi connectivity index (χ4v) is 3.98. The Labute approximate surface area is 200 Å². The molecule has 4 rings (SSSR count). The van der Waals surface area contributed by atoms with Gasteiger partial charge in [-0.25, -0.2) is 5.48 Å². The molecule has 2 heterocycles. The standard InChI is InChI=1S/C24H25BrN4O4/c25-20-6-1-18(2-7-20)15-29-13-11-19(12-14-29)24-26-23(33-28-24)16-32-21-8-3-17(4-9-21)5-10-22(30)27-31/h1-10,19,31H,11-16H2,(H,27,30). The van der Waals surface area contributed by atoms with Gasteiger partial charge in [-0.15, -0.1) is 0 Å². The molecule has 0 aliphatic carbocycles. The van der Waals surface area contributed by atoms with Crippen molar-refractivity contribution in [3.8, 4) is 5.75 Å². The third kappa shape index (κ3) is 6.74. The van der Waals surface area contributed by atoms with Gasteiger partial charge < -0.3 is 9.26 Å². The Kier molecular flexibility index (Phi) is 7.87. The SMILES string of the molecule is O=C(C=Cc1ccc(OCc2nc(C3CCN(Cc4ccc(Br)cc4)CC3)no2)cc1)NO. The van der Waals surface area contributed by atoms with E-state index in [1.807, 2.05) is 0 Å². The molecule has 2 aromatic carbocycles. The summed E-state index contributed by atoms with van der Waals surface area (Å²) in [4.78, 5) is 18.0. The summed E-state index contributed by atoms with van der Waals surface area (Å²) in [5.74, 6) is 1.56. The summed E-state index contributed by atoms with van der Waals surface area (Å²) in [5, 5.41) is 12.7. The van der Waals surface area contributed by atoms with E-state index < -0.39 is 5.91 Å². The summed E-state index contributed by atoms with van der Waals surface area (Å²) >= 11 is 3.48. The molecule has 0 atom stereocenters. The molecule has 0 spiro atoms. The van der Waals surface area contributed by atoms with Gasteiger partial charge in [0.2, 0.25) is 0 Å². The zero-order valence-electron chi connectivity index (χ0n) is 18.0. The van der Waals surface area contributed by atoms with E-state index in [1.54, 1.807) is 35.8 Å². The Balaban J connectivity index is 1.23. The molecule has 1 fully saturated rings. The van der Waals surface area contributed by atoms with Crippen LogP contribution in [-0.2, 0) is 17.9 Å². The van der Waals surface area contributed by atoms with Crippen LogP contribution in [0.5, 0.6) is 5.75 Å². The fourth-order valence-electron chi connectivity index (χ4n) is 3.72. The molecule has 172 valence electrons. The number of likely N-dealkylation sites (tertiary alicyclic amines) is 1. The smallest absolute Gasteiger partial charge is 0.267 e. The number of carbonyl (C=O) groups is 1. The average molecular weight is 513 g/mol. The molecule has 8 nitrogen and oxygen atoms in total. The van der Waals surface area contributed by atoms with Gasteiger partial charge in [-0.3, -0.25) is 14.9 Å². The van der Waals surface area contributed by atoms with E-state index in [2.05, 4.69) is 55.2 Å². The van der Waals surface area contributed by atoms with Crippen LogP contribution in [0.15, 0.2) is 63.6 Å². The van der Waals surface area contributed by atoms with Crippen LogP contribution in [0.3, 0.4) is 0 Å². The normalized spacial score (nSPS) is 15.1. The second-order valence-corrected chi connectivity index (χ2v) is 8.81. The number of nitrogens with zero attached hydrogens (tertiary/aromatic N) is 3. The molecule has 1 aliphatic rings. The lowest BCUT2D eigenvalue weighted by Gasteiger charge is -2.30. The third-order valence-corrected chi connectivity index (χ3v) is 6.06. The van der Waals surface area contributed by atoms with Crippen molar-refractivity contribution in [3.63, 3.8) is 0 Å². The number of ether oxygens (including phenoxy) is 1. The summed E-state index contributed by atoms with van der Waals surface area (Å²) in [6.07, 6.45) is 4.82. The molecule has 2 N–H and O–H groups in total. The Bertz CT molecular complexity index is 1070. The Morgan fingerprint density at radius 2 is 1.91 bits per heavy atom. The molecular formula is C24H25BrN4O4. The first-order chi connectivity index (χ1) is 16.1. The first-order valence-corrected chi connectivity index (χ1v) is 11.5. The quantitative estimate of drug-likeness (QED) is 0.263. The van der Waals surface area contributed by atoms with E-state index in [9.17, 15) is 4.79 Å². The minimum absolute atomic E-state index is 0.192. The minimum atomic E-state index is -0.585. The first-order valence-electron chi connectivity index (χ1n) is 10.7. The predicted octanol–water partition coefficient (Wildman–Crippen LogP) is 4.31. The van der Waals surface area contributed by atoms with Gasteiger partial charge >= 0.3 is 0 Å². The van der Waals surface area contributed by atoms with Gasteiger partial charge in [0, 0.05) is 23.0 Å². The average Bonchev–Trinajstić information content (AvgIpc) is 3.33. The monoisotopic (exact) mass is 512 g/mol. The third-order valence-electron chi connectivity index (χ3n) is 5.54. The molecule has 33 heavy (non-hydrogen) atoms. The summed E-state index contributed by atoms with van der Waals surface area (Å²) in [6.45, 7) is 3.15. The van der Waals surface area contributed by atoms with Crippen molar-refractivity contribution in [1.29, 1.82) is 0 Å². The van der Waals surface area contributed by atoms with E-state index in [-0.39, 0.29) is 6.61 Å². The van der Waals surface area contributed by atoms with E-state index in [0.29, 0.717) is 17.6 Å². The van der Waals surface area contributed by atoms with E-state index >= 15 is 0 Å². The van der Waals surface area contributed by atoms with Crippen molar-refractivity contribution in [2.75, 3.05) is 13.1 Å². The number of hydrogen-bond donors (Lipinski definition) is 2. The Morgan fingerprint density at radius 3 is 2.61 bits per heavy atom. The van der Waals surface area contributed by atoms with Crippen LogP contribution >= 0.6 is 15.9 Å². The van der Waals surface area contributed by atoms with Crippen molar-refractivity contribution >= 4 is 27.9 Å². The van der Waals surface area contributed by atoms with Crippen molar-refractivity contribution in [2.24, 2.45) is 0 Å². The van der Waals surface area contributed by atoms with Gasteiger partial charge in [-0.2, -0.15) is 4.98 Å². The van der Waals surface area contributed by atoms with Crippen molar-refractivity contribution in [1.82, 2.24) is 20.5 Å². The summed E-state index contributed by atoms with van der Waals surface area (Å²) in [7, 11) is 0. The molecule has 1 aliphatic heterocycles. The van der Waals surface area contributed by atoms with E-state index in [0.717, 1.165) is 48.3 Å². The lowest BCUT2D eigenvalue weighted by Crippen LogP contribution is -2.32. The van der Waals surface area contributed by atoms with Gasteiger partial charge in [0.15, 0.2) is 12.4 Å². The number of hydroxylamine groups is 1. The molecule has 0 bridgehead atoms. The van der Waals surface area contributed by atoms with Crippen molar-refractivity contribution in [2.45, 2.75) is 31.9 Å². The summed E-state index contributed by atoms with van der Waals surface area (Å²) < 4.78 is 12.2. The number of halogens is 1. The molecule has 1 saturated heterocycles. The molecule has 1 amide bonds. The van der Waals surface area contributed by atoms with E-state index in [1.165, 1.54) is 11.6 Å². The van der Waals surface area contributed by atoms with Gasteiger partial charge in [-0.1, -0.05) is 45.4 Å². The van der Waals surface area contributed by atoms with Crippen LogP contribution < -0.4 is 10.2 Å². The van der Waals surface area contributed by atoms with Crippen molar-refractivity contribution in [3.05, 3.63) is 81.9 Å². The highest BCUT2D eigenvalue weighted by atomic mass is 79.9. The van der Waals surface area contributed by atoms with Crippen LogP contribution in [0.2, 0.25) is 0 Å². The van der Waals surface area contributed by atoms with Crippen LogP contribution in [0.4, 0.5) is 0 Å². The van der Waals surface area contributed by atoms with Crippen molar-refractivity contribution < 1.29 is 19.3 Å². The molecule has 1 aromatic heterocycles. The number of benzene rings is 2. The molecule has 3 aromatic rings. The maximum Gasteiger partial charge on any atom is 0.267 e. The molecular weight excluding hydrogens is 488 g/mol. The largest absolute Gasteiger partial charge is 0.484 e. The lowest BCUT2D eigenvalue weighted by atomic mass is 9.96. The zero-order valence-corrected chi connectivity index (χ0v) is 19.6. The number of piperidine rings is 1. The van der Waals surface area contributed by atoms with Crippen LogP contribution in [-0.4, -0.2) is 39.2 Å². The number of carbonyl (C=O) groups excluding carboxylic acids is 1. The number of aromatic nitrogens is 2. The number of amides is 1. The summed E-state index contributed by atoms with van der Waals surface area (Å²) in [6, 6.07) is 15.6. The molecule has 0 radical (unpaired) electrons. The highest BCUT2D eigenvalue weighted by molar-refractivity contribution is 9.10. The first kappa shape index (κ1) is 23.2. The highest BCUT2D eigenvalue weighted by Gasteiger charge is 2.24. The molecule has 0 unspecified atom stereocenters. The second-order valence-electron chi connectivity index (χ2n) is 7.89.